The highest BCUT2D eigenvalue weighted by Crippen LogP contribution is 2.31. The predicted octanol–water partition coefficient (Wildman–Crippen LogP) is 4.16. The number of nitrogens with two attached hydrogens (primary N) is 1. The van der Waals surface area contributed by atoms with Gasteiger partial charge in [-0.15, -0.1) is 0 Å². The van der Waals surface area contributed by atoms with Gasteiger partial charge in [-0.2, -0.15) is 0 Å². The van der Waals surface area contributed by atoms with E-state index in [9.17, 15) is 10.1 Å². The Kier molecular flexibility index (Phi) is 7.86. The van der Waals surface area contributed by atoms with Gasteiger partial charge < -0.3 is 24.7 Å². The molecule has 38 heavy (non-hydrogen) atoms. The van der Waals surface area contributed by atoms with Crippen LogP contribution >= 0.6 is 0 Å². The summed E-state index contributed by atoms with van der Waals surface area (Å²) < 4.78 is 4.13. The van der Waals surface area contributed by atoms with E-state index in [0.717, 1.165) is 69.9 Å². The number of aryl methyl sites for hydroxylation is 2. The Hall–Kier alpha value is -4.34. The number of nitro groups is 1. The highest BCUT2D eigenvalue weighted by Gasteiger charge is 2.20. The first-order chi connectivity index (χ1) is 18.6. The molecule has 0 saturated heterocycles. The van der Waals surface area contributed by atoms with Crippen molar-refractivity contribution >= 4 is 22.7 Å². The first-order valence-corrected chi connectivity index (χ1v) is 13.1. The Balaban J connectivity index is 0.000000156. The minimum atomic E-state index is -0.330. The van der Waals surface area contributed by atoms with Crippen LogP contribution in [0.3, 0.4) is 0 Å². The third kappa shape index (κ3) is 6.13. The van der Waals surface area contributed by atoms with Gasteiger partial charge in [0.25, 0.3) is 5.69 Å². The topological polar surface area (TPSA) is 111 Å². The molecule has 2 aromatic heterocycles. The van der Waals surface area contributed by atoms with E-state index in [-0.39, 0.29) is 10.6 Å². The minimum Gasteiger partial charge on any atom is -0.399 e. The highest BCUT2D eigenvalue weighted by molar-refractivity contribution is 5.62. The molecule has 0 spiro atoms. The van der Waals surface area contributed by atoms with E-state index in [1.54, 1.807) is 24.7 Å². The molecule has 10 heteroatoms. The number of nitrogen functional groups attached to an aromatic ring is 1. The maximum absolute atomic E-state index is 10.9. The summed E-state index contributed by atoms with van der Waals surface area (Å²) in [6.45, 7) is 5.71. The molecule has 0 saturated carbocycles. The van der Waals surface area contributed by atoms with Crippen LogP contribution in [0.2, 0.25) is 0 Å². The maximum Gasteiger partial charge on any atom is 0.271 e. The van der Waals surface area contributed by atoms with Gasteiger partial charge in [-0.3, -0.25) is 10.1 Å². The third-order valence-corrected chi connectivity index (χ3v) is 7.19. The summed E-state index contributed by atoms with van der Waals surface area (Å²) in [4.78, 5) is 23.3. The van der Waals surface area contributed by atoms with E-state index in [1.807, 2.05) is 41.6 Å². The van der Waals surface area contributed by atoms with Gasteiger partial charge in [0.2, 0.25) is 0 Å². The van der Waals surface area contributed by atoms with Crippen molar-refractivity contribution in [3.05, 3.63) is 95.1 Å². The van der Waals surface area contributed by atoms with E-state index in [4.69, 9.17) is 5.73 Å². The average molecular weight is 515 g/mol. The lowest BCUT2D eigenvalue weighted by molar-refractivity contribution is -0.384. The van der Waals surface area contributed by atoms with Gasteiger partial charge in [-0.05, 0) is 48.9 Å². The van der Waals surface area contributed by atoms with Gasteiger partial charge in [0.1, 0.15) is 0 Å². The zero-order valence-corrected chi connectivity index (χ0v) is 21.5. The van der Waals surface area contributed by atoms with Crippen LogP contribution in [0, 0.1) is 10.1 Å². The summed E-state index contributed by atoms with van der Waals surface area (Å²) in [5.41, 5.74) is 11.8. The normalized spacial score (nSPS) is 14.3. The Bertz CT molecular complexity index is 1340. The molecule has 2 aliphatic heterocycles. The molecule has 4 aromatic rings. The SMILES string of the molecule is Nc1ccc2c(c1)N(CCn1ccnc1)CCC2.O=[N+]([O-])c1ccc2c(c1)N(CCn1ccnc1)CCC2. The van der Waals surface area contributed by atoms with Crippen LogP contribution < -0.4 is 15.5 Å². The smallest absolute Gasteiger partial charge is 0.271 e. The number of hydrogen-bond acceptors (Lipinski definition) is 7. The molecule has 0 fully saturated rings. The Labute approximate surface area is 222 Å². The van der Waals surface area contributed by atoms with Crippen LogP contribution in [-0.4, -0.2) is 50.2 Å². The van der Waals surface area contributed by atoms with Crippen LogP contribution in [0.4, 0.5) is 22.7 Å². The number of hydrogen-bond donors (Lipinski definition) is 1. The number of benzene rings is 2. The molecule has 0 radical (unpaired) electrons. The second-order valence-electron chi connectivity index (χ2n) is 9.74. The summed E-state index contributed by atoms with van der Waals surface area (Å²) in [6, 6.07) is 11.4. The van der Waals surface area contributed by atoms with Crippen molar-refractivity contribution in [1.82, 2.24) is 19.1 Å². The summed E-state index contributed by atoms with van der Waals surface area (Å²) in [5.74, 6) is 0. The van der Waals surface area contributed by atoms with Crippen LogP contribution in [0.1, 0.15) is 24.0 Å². The van der Waals surface area contributed by atoms with Crippen LogP contribution in [0.25, 0.3) is 0 Å². The van der Waals surface area contributed by atoms with Crippen molar-refractivity contribution in [3.8, 4) is 0 Å². The van der Waals surface area contributed by atoms with Gasteiger partial charge in [0.05, 0.1) is 17.6 Å². The molecule has 198 valence electrons. The molecule has 6 rings (SSSR count). The van der Waals surface area contributed by atoms with Crippen molar-refractivity contribution in [2.24, 2.45) is 0 Å². The highest BCUT2D eigenvalue weighted by atomic mass is 16.6. The van der Waals surface area contributed by atoms with E-state index >= 15 is 0 Å². The number of nitrogens with zero attached hydrogens (tertiary/aromatic N) is 7. The zero-order chi connectivity index (χ0) is 26.3. The zero-order valence-electron chi connectivity index (χ0n) is 21.5. The third-order valence-electron chi connectivity index (χ3n) is 7.19. The molecule has 0 unspecified atom stereocenters. The van der Waals surface area contributed by atoms with Gasteiger partial charge in [-0.25, -0.2) is 9.97 Å². The minimum absolute atomic E-state index is 0.165. The van der Waals surface area contributed by atoms with Crippen LogP contribution in [-0.2, 0) is 25.9 Å². The molecule has 2 N–H and O–H groups in total. The molecule has 2 aliphatic rings. The number of nitro benzene ring substituents is 1. The monoisotopic (exact) mass is 514 g/mol. The van der Waals surface area contributed by atoms with Crippen molar-refractivity contribution in [3.63, 3.8) is 0 Å². The molecule has 0 atom stereocenters. The van der Waals surface area contributed by atoms with Gasteiger partial charge in [-0.1, -0.05) is 12.1 Å². The molecule has 0 amide bonds. The summed E-state index contributed by atoms with van der Waals surface area (Å²) in [6.07, 6.45) is 15.6. The van der Waals surface area contributed by atoms with E-state index in [1.165, 1.54) is 23.2 Å². The lowest BCUT2D eigenvalue weighted by atomic mass is 10.0. The first kappa shape index (κ1) is 25.3. The van der Waals surface area contributed by atoms with Crippen molar-refractivity contribution in [2.45, 2.75) is 38.8 Å². The van der Waals surface area contributed by atoms with Crippen LogP contribution in [0.5, 0.6) is 0 Å². The quantitative estimate of drug-likeness (QED) is 0.224. The molecular formula is C28H34N8O2. The van der Waals surface area contributed by atoms with Gasteiger partial charge in [0, 0.05) is 93.3 Å². The Morgan fingerprint density at radius 1 is 0.789 bits per heavy atom. The molecule has 2 aromatic carbocycles. The summed E-state index contributed by atoms with van der Waals surface area (Å²) >= 11 is 0. The summed E-state index contributed by atoms with van der Waals surface area (Å²) in [5, 5.41) is 10.9. The molecule has 0 aliphatic carbocycles. The fraction of sp³-hybridized carbons (Fsp3) is 0.357. The Morgan fingerprint density at radius 2 is 1.34 bits per heavy atom. The van der Waals surface area contributed by atoms with Gasteiger partial charge >= 0.3 is 0 Å². The van der Waals surface area contributed by atoms with Crippen molar-refractivity contribution < 1.29 is 4.92 Å². The average Bonchev–Trinajstić information content (AvgIpc) is 3.65. The summed E-state index contributed by atoms with van der Waals surface area (Å²) in [7, 11) is 0. The number of rotatable bonds is 7. The number of fused-ring (bicyclic) bond motifs is 2. The fourth-order valence-corrected chi connectivity index (χ4v) is 5.19. The molecule has 0 bridgehead atoms. The number of aromatic nitrogens is 4. The lowest BCUT2D eigenvalue weighted by Gasteiger charge is -2.31. The van der Waals surface area contributed by atoms with Crippen molar-refractivity contribution in [2.75, 3.05) is 41.7 Å². The van der Waals surface area contributed by atoms with E-state index in [0.29, 0.717) is 0 Å². The second-order valence-corrected chi connectivity index (χ2v) is 9.74. The largest absolute Gasteiger partial charge is 0.399 e. The number of imidazole rings is 2. The Morgan fingerprint density at radius 3 is 1.87 bits per heavy atom. The van der Waals surface area contributed by atoms with E-state index < -0.39 is 0 Å². The molecule has 4 heterocycles. The van der Waals surface area contributed by atoms with Crippen LogP contribution in [0.15, 0.2) is 73.8 Å². The number of anilines is 3. The molecular weight excluding hydrogens is 480 g/mol. The predicted molar refractivity (Wildman–Crippen MR) is 149 cm³/mol. The second kappa shape index (κ2) is 11.8. The van der Waals surface area contributed by atoms with Gasteiger partial charge in [0.15, 0.2) is 0 Å². The maximum atomic E-state index is 10.9. The lowest BCUT2D eigenvalue weighted by Crippen LogP contribution is -2.32. The van der Waals surface area contributed by atoms with Crippen molar-refractivity contribution in [1.29, 1.82) is 0 Å². The number of non-ortho nitro benzene ring substituents is 1. The standard InChI is InChI=1S/C14H16N4O2.C14H18N4/c19-18(20)13-4-3-12-2-1-6-17(14(12)10-13)9-8-16-7-5-15-11-16;15-13-4-3-12-2-1-6-18(14(12)10-13)9-8-17-7-5-16-11-17/h3-5,7,10-11H,1-2,6,8-9H2;3-5,7,10-11H,1-2,6,8-9,15H2. The molecule has 10 nitrogen and oxygen atoms in total. The fourth-order valence-electron chi connectivity index (χ4n) is 5.19. The first-order valence-electron chi connectivity index (χ1n) is 13.1. The van der Waals surface area contributed by atoms with E-state index in [2.05, 4.69) is 36.5 Å².